The van der Waals surface area contributed by atoms with E-state index in [1.807, 2.05) is 127 Å². The smallest absolute Gasteiger partial charge is 0.417 e. The van der Waals surface area contributed by atoms with Gasteiger partial charge < -0.3 is 29.5 Å². The lowest BCUT2D eigenvalue weighted by atomic mass is 9.88. The first-order valence-electron chi connectivity index (χ1n) is 26.8. The molecule has 3 fully saturated rings. The summed E-state index contributed by atoms with van der Waals surface area (Å²) in [6.45, 7) is 6.45. The molecule has 3 aliphatic rings. The maximum atomic E-state index is 14.1. The number of Topliss-reactive ketones (excluding diaryl/α,β-unsaturated/α-hetero) is 1. The van der Waals surface area contributed by atoms with E-state index in [4.69, 9.17) is 27.1 Å². The van der Waals surface area contributed by atoms with Crippen molar-refractivity contribution in [2.24, 2.45) is 11.8 Å². The lowest BCUT2D eigenvalue weighted by Crippen LogP contribution is -2.57. The molecular weight excluding hydrogens is 1050 g/mol. The van der Waals surface area contributed by atoms with Crippen LogP contribution in [0, 0.1) is 143 Å². The fourth-order valence-corrected chi connectivity index (χ4v) is 8.74. The first-order valence-corrected chi connectivity index (χ1v) is 26.8. The Balaban J connectivity index is 0.000000212. The second kappa shape index (κ2) is 31.6. The highest BCUT2D eigenvalue weighted by Gasteiger charge is 2.59. The van der Waals surface area contributed by atoms with Gasteiger partial charge in [-0.05, 0) is 199 Å². The molecule has 0 bridgehead atoms. The number of cyclic esters (lactones) is 1. The van der Waals surface area contributed by atoms with Gasteiger partial charge in [0.15, 0.2) is 17.0 Å². The van der Waals surface area contributed by atoms with Crippen LogP contribution in [0.2, 0.25) is 0 Å². The molecule has 0 aromatic heterocycles. The zero-order valence-corrected chi connectivity index (χ0v) is 47.0. The SMILES string of the molecule is C#CC#CC#CC#CC#CC#CC#CC#CC#CC#CC#C.CC1(C)OC(=O)N(C(=O)[C@@](C)(OCc2ccc(-c3ccccc3)cc2)[C@@H](O)C2CC2)[C@H]1c1ccccc1.C[C@@](OCc1ccc(-c2ccccc2)cc1)(C(=O)CO)[C@@H](O)C1CC1. The zero-order chi connectivity index (χ0) is 60.2. The highest BCUT2D eigenvalue weighted by Crippen LogP contribution is 2.46. The number of hydrogen-bond acceptors (Lipinski definition) is 9. The topological polar surface area (TPSA) is 143 Å². The Morgan fingerprint density at radius 3 is 1.20 bits per heavy atom. The second-order valence-electron chi connectivity index (χ2n) is 20.1. The van der Waals surface area contributed by atoms with Crippen LogP contribution in [0.4, 0.5) is 4.79 Å². The molecule has 10 nitrogen and oxygen atoms in total. The van der Waals surface area contributed by atoms with Crippen LogP contribution in [-0.4, -0.2) is 73.6 Å². The molecule has 0 spiro atoms. The normalized spacial score (nSPS) is 15.6. The minimum absolute atomic E-state index is 0.0452. The van der Waals surface area contributed by atoms with E-state index < -0.39 is 59.4 Å². The van der Waals surface area contributed by atoms with Gasteiger partial charge in [-0.25, -0.2) is 9.69 Å². The van der Waals surface area contributed by atoms with Crippen LogP contribution in [0.5, 0.6) is 0 Å². The minimum atomic E-state index is -1.62. The van der Waals surface area contributed by atoms with Gasteiger partial charge in [0.1, 0.15) is 18.2 Å². The number of amides is 2. The Bertz CT molecular complexity index is 3750. The number of hydrogen-bond donors (Lipinski definition) is 3. The molecule has 414 valence electrons. The summed E-state index contributed by atoms with van der Waals surface area (Å²) in [5.74, 6) is 47.2. The third-order valence-electron chi connectivity index (χ3n) is 13.6. The highest BCUT2D eigenvalue weighted by molar-refractivity contribution is 5.99. The molecule has 0 unspecified atom stereocenters. The van der Waals surface area contributed by atoms with Gasteiger partial charge in [-0.15, -0.1) is 12.8 Å². The highest BCUT2D eigenvalue weighted by atomic mass is 16.6. The monoisotopic (exact) mass is 1110 g/mol. The Morgan fingerprint density at radius 1 is 0.536 bits per heavy atom. The fourth-order valence-electron chi connectivity index (χ4n) is 8.74. The van der Waals surface area contributed by atoms with Crippen LogP contribution in [0.25, 0.3) is 22.3 Å². The maximum Gasteiger partial charge on any atom is 0.417 e. The molecule has 5 aromatic rings. The Hall–Kier alpha value is -10.3. The van der Waals surface area contributed by atoms with Crippen LogP contribution in [0.15, 0.2) is 140 Å². The number of nitrogens with zero attached hydrogens (tertiary/aromatic N) is 1. The van der Waals surface area contributed by atoms with Gasteiger partial charge in [0.05, 0.1) is 25.4 Å². The van der Waals surface area contributed by atoms with E-state index in [1.54, 1.807) is 27.7 Å². The van der Waals surface area contributed by atoms with E-state index in [1.165, 1.54) is 0 Å². The number of ether oxygens (including phenoxy) is 3. The first kappa shape index (κ1) is 62.9. The van der Waals surface area contributed by atoms with Gasteiger partial charge >= 0.3 is 6.09 Å². The average molecular weight is 1110 g/mol. The number of ketones is 1. The summed E-state index contributed by atoms with van der Waals surface area (Å²) < 4.78 is 17.7. The number of terminal acetylenes is 2. The first-order chi connectivity index (χ1) is 40.7. The van der Waals surface area contributed by atoms with Crippen LogP contribution < -0.4 is 0 Å². The predicted octanol–water partition coefficient (Wildman–Crippen LogP) is 9.14. The summed E-state index contributed by atoms with van der Waals surface area (Å²) in [6.07, 6.45) is 10.6. The fraction of sp³-hybridized carbons (Fsp3) is 0.257. The molecule has 1 saturated heterocycles. The van der Waals surface area contributed by atoms with Crippen molar-refractivity contribution in [1.82, 2.24) is 4.90 Å². The minimum Gasteiger partial charge on any atom is -0.440 e. The van der Waals surface area contributed by atoms with E-state index in [2.05, 4.69) is 131 Å². The van der Waals surface area contributed by atoms with E-state index in [0.29, 0.717) is 0 Å². The Kier molecular flexibility index (Phi) is 23.7. The van der Waals surface area contributed by atoms with E-state index in [9.17, 15) is 29.7 Å². The summed E-state index contributed by atoms with van der Waals surface area (Å²) in [4.78, 5) is 40.5. The lowest BCUT2D eigenvalue weighted by molar-refractivity contribution is -0.176. The molecule has 1 aliphatic heterocycles. The van der Waals surface area contributed by atoms with Crippen molar-refractivity contribution < 1.29 is 43.9 Å². The molecule has 84 heavy (non-hydrogen) atoms. The summed E-state index contributed by atoms with van der Waals surface area (Å²) in [7, 11) is 0. The molecular formula is C74H59NO9. The number of benzene rings is 5. The predicted molar refractivity (Wildman–Crippen MR) is 324 cm³/mol. The third-order valence-corrected chi connectivity index (χ3v) is 13.6. The van der Waals surface area contributed by atoms with Crippen molar-refractivity contribution in [3.05, 3.63) is 156 Å². The summed E-state index contributed by atoms with van der Waals surface area (Å²) in [5.41, 5.74) is 3.08. The van der Waals surface area contributed by atoms with Crippen molar-refractivity contribution in [3.63, 3.8) is 0 Å². The quantitative estimate of drug-likeness (QED) is 0.0825. The van der Waals surface area contributed by atoms with Crippen LogP contribution in [0.1, 0.15) is 76.1 Å². The van der Waals surface area contributed by atoms with Crippen LogP contribution >= 0.6 is 0 Å². The summed E-state index contributed by atoms with van der Waals surface area (Å²) in [6, 6.07) is 44.7. The van der Waals surface area contributed by atoms with Gasteiger partial charge in [-0.3, -0.25) is 9.59 Å². The molecule has 3 N–H and O–H groups in total. The lowest BCUT2D eigenvalue weighted by Gasteiger charge is -2.38. The number of aliphatic hydroxyl groups is 3. The van der Waals surface area contributed by atoms with Crippen molar-refractivity contribution in [1.29, 1.82) is 0 Å². The third kappa shape index (κ3) is 18.3. The number of rotatable bonds is 16. The summed E-state index contributed by atoms with van der Waals surface area (Å²) in [5, 5.41) is 30.9. The second-order valence-corrected chi connectivity index (χ2v) is 20.1. The van der Waals surface area contributed by atoms with Crippen molar-refractivity contribution in [2.45, 2.75) is 102 Å². The van der Waals surface area contributed by atoms with Crippen LogP contribution in [0.3, 0.4) is 0 Å². The van der Waals surface area contributed by atoms with Gasteiger partial charge in [0.25, 0.3) is 5.91 Å². The largest absolute Gasteiger partial charge is 0.440 e. The molecule has 2 amide bonds. The number of carbonyl (C=O) groups is 3. The summed E-state index contributed by atoms with van der Waals surface area (Å²) >= 11 is 0. The molecule has 1 heterocycles. The Morgan fingerprint density at radius 2 is 0.857 bits per heavy atom. The molecule has 5 aromatic carbocycles. The van der Waals surface area contributed by atoms with E-state index in [0.717, 1.165) is 69.5 Å². The molecule has 0 radical (unpaired) electrons. The van der Waals surface area contributed by atoms with Gasteiger partial charge in [-0.1, -0.05) is 140 Å². The van der Waals surface area contributed by atoms with Crippen LogP contribution in [-0.2, 0) is 37.0 Å². The van der Waals surface area contributed by atoms with E-state index >= 15 is 0 Å². The molecule has 2 aliphatic carbocycles. The maximum absolute atomic E-state index is 14.1. The number of carbonyl (C=O) groups excluding carboxylic acids is 3. The van der Waals surface area contributed by atoms with Gasteiger partial charge in [0.2, 0.25) is 0 Å². The number of aliphatic hydroxyl groups excluding tert-OH is 3. The molecule has 2 saturated carbocycles. The van der Waals surface area contributed by atoms with Crippen molar-refractivity contribution in [3.8, 4) is 154 Å². The standard InChI is InChI=1S/C31H33NO5.C22H2.C21H24O4/c1-30(2)26(24-12-8-5-9-13-24)32(29(35)37-30)28(34)31(3,27(33)25-18-19-25)36-20-21-14-16-23(17-15-21)22-10-6-4-7-11-22;1-3-5-7-9-11-13-15-17-19-21-22-20-18-16-14-12-10-8-6-4-2;1-21(19(23)13-22,20(24)18-11-12-18)25-14-15-7-9-17(10-8-15)16-5-3-2-4-6-16/h4-17,25-27,33H,18-20H2,1-3H3;1-2H;2-10,18,20,22,24H,11-14H2,1H3/t26-,27-,31-;;20-,21+/m0.0/s1. The van der Waals surface area contributed by atoms with Crippen molar-refractivity contribution in [2.75, 3.05) is 6.61 Å². The number of imide groups is 1. The zero-order valence-electron chi connectivity index (χ0n) is 47.0. The van der Waals surface area contributed by atoms with E-state index in [-0.39, 0.29) is 25.0 Å². The molecule has 5 atom stereocenters. The molecule has 8 rings (SSSR count). The van der Waals surface area contributed by atoms with Crippen molar-refractivity contribution >= 4 is 17.8 Å². The molecule has 10 heteroatoms. The average Bonchev–Trinajstić information content (AvgIpc) is 3.36. The Labute approximate surface area is 494 Å². The van der Waals surface area contributed by atoms with Gasteiger partial charge in [0, 0.05) is 23.7 Å². The van der Waals surface area contributed by atoms with Gasteiger partial charge in [-0.2, -0.15) is 0 Å².